The van der Waals surface area contributed by atoms with Gasteiger partial charge in [-0.25, -0.2) is 0 Å². The van der Waals surface area contributed by atoms with Gasteiger partial charge in [0.05, 0.1) is 0 Å². The Bertz CT molecular complexity index is 7.61. The molecule has 0 aromatic heterocycles. The second kappa shape index (κ2) is 24.0. The molecule has 0 fully saturated rings. The van der Waals surface area contributed by atoms with Crippen LogP contribution in [0.4, 0.5) is 0 Å². The minimum absolute atomic E-state index is 0. The van der Waals surface area contributed by atoms with Gasteiger partial charge in [-0.3, -0.25) is 0 Å². The zero-order valence-electron chi connectivity index (χ0n) is 3.32. The Labute approximate surface area is 45.0 Å². The summed E-state index contributed by atoms with van der Waals surface area (Å²) in [6, 6.07) is 0. The summed E-state index contributed by atoms with van der Waals surface area (Å²) in [5, 5.41) is 2.75. The van der Waals surface area contributed by atoms with Crippen molar-refractivity contribution in [3.05, 3.63) is 0 Å². The average molecular weight is 118 g/mol. The quantitative estimate of drug-likeness (QED) is 0.493. The van der Waals surface area contributed by atoms with Crippen LogP contribution in [-0.2, 0) is 0 Å². The molecule has 1 N–H and O–H groups in total. The monoisotopic (exact) mass is 117 g/mol. The molecule has 0 amide bonds. The normalized spacial score (nSPS) is 3.60. The van der Waals surface area contributed by atoms with Crippen LogP contribution in [0.5, 0.6) is 0 Å². The van der Waals surface area contributed by atoms with Gasteiger partial charge in [0.1, 0.15) is 0 Å². The summed E-state index contributed by atoms with van der Waals surface area (Å²) < 4.78 is 0. The molecule has 0 radical (unpaired) electrons. The summed E-state index contributed by atoms with van der Waals surface area (Å²) in [6.45, 7) is 0. The minimum atomic E-state index is 0. The fourth-order valence-corrected chi connectivity index (χ4v) is 0. The van der Waals surface area contributed by atoms with E-state index >= 15 is 0 Å². The highest BCUT2D eigenvalue weighted by Gasteiger charge is 1.25. The molecule has 0 saturated heterocycles. The molecule has 0 aliphatic heterocycles. The molecule has 0 unspecified atom stereocenters. The molecule has 0 aromatic carbocycles. The molecular weight excluding hydrogens is 109 g/mol. The van der Waals surface area contributed by atoms with E-state index < -0.39 is 0 Å². The molecule has 0 atom stereocenters. The largest absolute Gasteiger partial charge is 0.323 e. The van der Waals surface area contributed by atoms with Crippen LogP contribution in [0.15, 0.2) is 0 Å². The Balaban J connectivity index is -0.0000000200. The van der Waals surface area contributed by atoms with E-state index in [1.54, 1.807) is 0 Å². The molecule has 0 saturated carbocycles. The third-order valence-corrected chi connectivity index (χ3v) is 0. The number of hydrogen-bond acceptors (Lipinski definition) is 1. The molecular formula is C2H9Cl2N. The van der Waals surface area contributed by atoms with E-state index in [9.17, 15) is 0 Å². The van der Waals surface area contributed by atoms with Crippen LogP contribution in [0.2, 0.25) is 0 Å². The Morgan fingerprint density at radius 2 is 1.00 bits per heavy atom. The van der Waals surface area contributed by atoms with E-state index in [-0.39, 0.29) is 24.8 Å². The van der Waals surface area contributed by atoms with Gasteiger partial charge in [0.15, 0.2) is 0 Å². The predicted octanol–water partition coefficient (Wildman–Crippen LogP) is 0.679. The Morgan fingerprint density at radius 3 is 1.00 bits per heavy atom. The summed E-state index contributed by atoms with van der Waals surface area (Å²) in [4.78, 5) is 0. The van der Waals surface area contributed by atoms with Crippen molar-refractivity contribution < 1.29 is 0 Å². The fraction of sp³-hybridized carbons (Fsp3) is 1.00. The molecule has 0 heterocycles. The van der Waals surface area contributed by atoms with Crippen LogP contribution >= 0.6 is 24.8 Å². The van der Waals surface area contributed by atoms with Gasteiger partial charge in [0.2, 0.25) is 0 Å². The van der Waals surface area contributed by atoms with Crippen LogP contribution in [0.3, 0.4) is 0 Å². The molecule has 0 aromatic rings. The number of rotatable bonds is 0. The number of hydrogen-bond donors (Lipinski definition) is 1. The maximum absolute atomic E-state index is 2.75. The first kappa shape index (κ1) is 17.7. The Hall–Kier alpha value is 0.540. The number of halogens is 2. The molecule has 0 spiro atoms. The summed E-state index contributed by atoms with van der Waals surface area (Å²) in [7, 11) is 3.75. The standard InChI is InChI=1S/C2H7N.2ClH/c1-3-2;;/h3H,1-2H3;2*1H. The molecule has 0 aliphatic carbocycles. The van der Waals surface area contributed by atoms with Crippen molar-refractivity contribution in [3.63, 3.8) is 0 Å². The van der Waals surface area contributed by atoms with Crippen molar-refractivity contribution in [3.8, 4) is 0 Å². The minimum Gasteiger partial charge on any atom is -0.323 e. The first-order valence-corrected chi connectivity index (χ1v) is 1.00. The maximum Gasteiger partial charge on any atom is -0.0167 e. The van der Waals surface area contributed by atoms with Gasteiger partial charge in [-0.2, -0.15) is 0 Å². The second-order valence-electron chi connectivity index (χ2n) is 0.500. The average Bonchev–Trinajstić information content (AvgIpc) is 0.918. The van der Waals surface area contributed by atoms with Crippen LogP contribution in [0.25, 0.3) is 0 Å². The Morgan fingerprint density at radius 1 is 1.00 bits per heavy atom. The van der Waals surface area contributed by atoms with Gasteiger partial charge in [-0.05, 0) is 14.1 Å². The smallest absolute Gasteiger partial charge is 0.0167 e. The third-order valence-electron chi connectivity index (χ3n) is 0. The zero-order valence-corrected chi connectivity index (χ0v) is 4.95. The van der Waals surface area contributed by atoms with Crippen molar-refractivity contribution in [2.75, 3.05) is 14.1 Å². The summed E-state index contributed by atoms with van der Waals surface area (Å²) in [5.74, 6) is 0. The predicted molar refractivity (Wildman–Crippen MR) is 29.5 cm³/mol. The van der Waals surface area contributed by atoms with Crippen molar-refractivity contribution in [1.82, 2.24) is 5.32 Å². The van der Waals surface area contributed by atoms with Crippen LogP contribution < -0.4 is 5.32 Å². The van der Waals surface area contributed by atoms with Gasteiger partial charge < -0.3 is 5.32 Å². The van der Waals surface area contributed by atoms with Gasteiger partial charge in [-0.15, -0.1) is 24.8 Å². The van der Waals surface area contributed by atoms with Gasteiger partial charge >= 0.3 is 0 Å². The third kappa shape index (κ3) is 100. The maximum atomic E-state index is 2.75. The number of nitrogens with one attached hydrogen (secondary N) is 1. The highest BCUT2D eigenvalue weighted by atomic mass is 35.5. The molecule has 0 rings (SSSR count). The molecule has 5 heavy (non-hydrogen) atoms. The van der Waals surface area contributed by atoms with E-state index in [0.29, 0.717) is 0 Å². The summed E-state index contributed by atoms with van der Waals surface area (Å²) in [6.07, 6.45) is 0. The first-order chi connectivity index (χ1) is 1.41. The van der Waals surface area contributed by atoms with E-state index in [1.165, 1.54) is 0 Å². The van der Waals surface area contributed by atoms with Crippen molar-refractivity contribution in [2.45, 2.75) is 0 Å². The van der Waals surface area contributed by atoms with Crippen molar-refractivity contribution in [1.29, 1.82) is 0 Å². The SMILES string of the molecule is CNC.Cl.Cl. The van der Waals surface area contributed by atoms with E-state index in [4.69, 9.17) is 0 Å². The molecule has 36 valence electrons. The van der Waals surface area contributed by atoms with Crippen LogP contribution in [-0.4, -0.2) is 14.1 Å². The first-order valence-electron chi connectivity index (χ1n) is 1.00. The highest BCUT2D eigenvalue weighted by Crippen LogP contribution is 0.981. The lowest BCUT2D eigenvalue weighted by Crippen LogP contribution is -1.89. The zero-order chi connectivity index (χ0) is 2.71. The lowest BCUT2D eigenvalue weighted by Gasteiger charge is -1.59. The van der Waals surface area contributed by atoms with Gasteiger partial charge in [0, 0.05) is 0 Å². The molecule has 1 nitrogen and oxygen atoms in total. The second-order valence-corrected chi connectivity index (χ2v) is 0.500. The van der Waals surface area contributed by atoms with E-state index in [0.717, 1.165) is 0 Å². The van der Waals surface area contributed by atoms with Crippen molar-refractivity contribution in [2.24, 2.45) is 0 Å². The van der Waals surface area contributed by atoms with E-state index in [2.05, 4.69) is 5.32 Å². The lowest BCUT2D eigenvalue weighted by atomic mass is 11.3. The van der Waals surface area contributed by atoms with E-state index in [1.807, 2.05) is 14.1 Å². The Kier molecular flexibility index (Phi) is 84.9. The van der Waals surface area contributed by atoms with Gasteiger partial charge in [-0.1, -0.05) is 0 Å². The highest BCUT2D eigenvalue weighted by molar-refractivity contribution is 5.85. The van der Waals surface area contributed by atoms with Crippen molar-refractivity contribution >= 4 is 24.8 Å². The molecule has 0 bridgehead atoms. The fourth-order valence-electron chi connectivity index (χ4n) is 0. The molecule has 0 aliphatic rings. The summed E-state index contributed by atoms with van der Waals surface area (Å²) in [5.41, 5.74) is 0. The van der Waals surface area contributed by atoms with Crippen LogP contribution in [0.1, 0.15) is 0 Å². The lowest BCUT2D eigenvalue weighted by molar-refractivity contribution is 1.02. The van der Waals surface area contributed by atoms with Crippen LogP contribution in [0, 0.1) is 0 Å². The van der Waals surface area contributed by atoms with Gasteiger partial charge in [0.25, 0.3) is 0 Å². The summed E-state index contributed by atoms with van der Waals surface area (Å²) >= 11 is 0. The topological polar surface area (TPSA) is 12.0 Å². The molecule has 3 heteroatoms.